The second-order valence-corrected chi connectivity index (χ2v) is 11.1. The number of hydrogen-bond donors (Lipinski definition) is 3. The standard InChI is InChI=1S/C32H48O7/c1-24(33)19-28-21-30(39-32(28)36)14-8-6-4-2-3-5-7-13-29(34)22-37-17-18-38-23-31(35)27-16-15-25-11-9-10-12-26(25)20-27/h9-12,15-16,20,24,28-31,33-35H,2-8,13-14,17-19,21-23H2,1H3/t24?,28?,29-,30+,31-/m0/s1. The van der Waals surface area contributed by atoms with E-state index in [2.05, 4.69) is 0 Å². The third-order valence-electron chi connectivity index (χ3n) is 7.47. The highest BCUT2D eigenvalue weighted by Gasteiger charge is 2.34. The number of aliphatic hydroxyl groups is 3. The highest BCUT2D eigenvalue weighted by molar-refractivity contribution is 5.83. The van der Waals surface area contributed by atoms with Crippen molar-refractivity contribution in [1.82, 2.24) is 0 Å². The second kappa shape index (κ2) is 17.6. The first-order valence-electron chi connectivity index (χ1n) is 14.8. The number of benzene rings is 2. The van der Waals surface area contributed by atoms with Crippen LogP contribution in [-0.4, -0.2) is 66.0 Å². The van der Waals surface area contributed by atoms with E-state index in [1.54, 1.807) is 6.92 Å². The average Bonchev–Trinajstić information content (AvgIpc) is 3.27. The number of aliphatic hydroxyl groups excluding tert-OH is 3. The summed E-state index contributed by atoms with van der Waals surface area (Å²) in [4.78, 5) is 11.8. The predicted molar refractivity (Wildman–Crippen MR) is 152 cm³/mol. The maximum atomic E-state index is 11.8. The van der Waals surface area contributed by atoms with Gasteiger partial charge in [0.05, 0.1) is 44.6 Å². The first-order chi connectivity index (χ1) is 18.9. The molecule has 5 atom stereocenters. The molecule has 0 aliphatic carbocycles. The number of fused-ring (bicyclic) bond motifs is 1. The van der Waals surface area contributed by atoms with Crippen LogP contribution in [0.4, 0.5) is 0 Å². The molecule has 1 aliphatic rings. The highest BCUT2D eigenvalue weighted by Crippen LogP contribution is 2.28. The van der Waals surface area contributed by atoms with Crippen LogP contribution >= 0.6 is 0 Å². The molecule has 1 aliphatic heterocycles. The lowest BCUT2D eigenvalue weighted by atomic mass is 9.96. The molecule has 0 radical (unpaired) electrons. The lowest BCUT2D eigenvalue weighted by molar-refractivity contribution is -0.145. The van der Waals surface area contributed by atoms with Crippen molar-refractivity contribution in [2.45, 2.75) is 102 Å². The van der Waals surface area contributed by atoms with Crippen LogP contribution in [0.3, 0.4) is 0 Å². The van der Waals surface area contributed by atoms with E-state index in [0.717, 1.165) is 67.7 Å². The SMILES string of the molecule is CC(O)CC1C[C@@H](CCCCCCCCC[C@H](O)COCCOC[C@H](O)c2ccc3ccccc3c2)OC1=O. The Morgan fingerprint density at radius 1 is 0.872 bits per heavy atom. The molecule has 2 unspecified atom stereocenters. The van der Waals surface area contributed by atoms with Crippen molar-refractivity contribution >= 4 is 16.7 Å². The summed E-state index contributed by atoms with van der Waals surface area (Å²) in [5.41, 5.74) is 0.837. The van der Waals surface area contributed by atoms with E-state index < -0.39 is 18.3 Å². The molecule has 3 rings (SSSR count). The van der Waals surface area contributed by atoms with Crippen molar-refractivity contribution in [3.05, 3.63) is 48.0 Å². The van der Waals surface area contributed by atoms with Gasteiger partial charge < -0.3 is 29.5 Å². The van der Waals surface area contributed by atoms with Gasteiger partial charge in [-0.25, -0.2) is 0 Å². The topological polar surface area (TPSA) is 105 Å². The van der Waals surface area contributed by atoms with Gasteiger partial charge in [-0.1, -0.05) is 74.9 Å². The summed E-state index contributed by atoms with van der Waals surface area (Å²) in [5, 5.41) is 32.2. The third-order valence-corrected chi connectivity index (χ3v) is 7.47. The first kappa shape index (κ1) is 31.5. The van der Waals surface area contributed by atoms with Gasteiger partial charge >= 0.3 is 5.97 Å². The van der Waals surface area contributed by atoms with E-state index in [-0.39, 0.29) is 24.6 Å². The van der Waals surface area contributed by atoms with Crippen molar-refractivity contribution in [1.29, 1.82) is 0 Å². The van der Waals surface area contributed by atoms with Crippen molar-refractivity contribution in [2.75, 3.05) is 26.4 Å². The van der Waals surface area contributed by atoms with Crippen molar-refractivity contribution in [3.8, 4) is 0 Å². The third kappa shape index (κ3) is 11.9. The van der Waals surface area contributed by atoms with Crippen molar-refractivity contribution in [3.63, 3.8) is 0 Å². The Bertz CT molecular complexity index is 962. The number of cyclic esters (lactones) is 1. The fourth-order valence-electron chi connectivity index (χ4n) is 5.27. The zero-order chi connectivity index (χ0) is 27.9. The number of hydrogen-bond acceptors (Lipinski definition) is 7. The largest absolute Gasteiger partial charge is 0.462 e. The van der Waals surface area contributed by atoms with Gasteiger partial charge in [-0.15, -0.1) is 0 Å². The fraction of sp³-hybridized carbons (Fsp3) is 0.656. The van der Waals surface area contributed by atoms with Crippen LogP contribution in [0.25, 0.3) is 10.8 Å². The van der Waals surface area contributed by atoms with Gasteiger partial charge in [0.2, 0.25) is 0 Å². The average molecular weight is 545 g/mol. The zero-order valence-electron chi connectivity index (χ0n) is 23.5. The Kier molecular flexibility index (Phi) is 14.2. The quantitative estimate of drug-likeness (QED) is 0.150. The minimum absolute atomic E-state index is 0.0264. The Morgan fingerprint density at radius 3 is 2.28 bits per heavy atom. The van der Waals surface area contributed by atoms with Crippen molar-refractivity contribution in [2.24, 2.45) is 5.92 Å². The molecular formula is C32H48O7. The van der Waals surface area contributed by atoms with E-state index in [9.17, 15) is 20.1 Å². The van der Waals surface area contributed by atoms with Gasteiger partial charge in [-0.3, -0.25) is 4.79 Å². The Morgan fingerprint density at radius 2 is 1.54 bits per heavy atom. The van der Waals surface area contributed by atoms with Crippen LogP contribution in [0.2, 0.25) is 0 Å². The van der Waals surface area contributed by atoms with Gasteiger partial charge in [0.1, 0.15) is 12.2 Å². The van der Waals surface area contributed by atoms with Crippen LogP contribution in [0, 0.1) is 5.92 Å². The fourth-order valence-corrected chi connectivity index (χ4v) is 5.27. The number of unbranched alkanes of at least 4 members (excludes halogenated alkanes) is 6. The first-order valence-corrected chi connectivity index (χ1v) is 14.8. The smallest absolute Gasteiger partial charge is 0.309 e. The molecule has 0 amide bonds. The minimum Gasteiger partial charge on any atom is -0.462 e. The van der Waals surface area contributed by atoms with Crippen LogP contribution in [0.1, 0.15) is 89.2 Å². The Hall–Kier alpha value is -2.03. The molecular weight excluding hydrogens is 496 g/mol. The zero-order valence-corrected chi connectivity index (χ0v) is 23.5. The van der Waals surface area contributed by atoms with Crippen LogP contribution in [0.5, 0.6) is 0 Å². The summed E-state index contributed by atoms with van der Waals surface area (Å²) in [6.45, 7) is 3.00. The molecule has 1 heterocycles. The van der Waals surface area contributed by atoms with Gasteiger partial charge in [-0.05, 0) is 61.4 Å². The molecule has 0 bridgehead atoms. The number of carbonyl (C=O) groups excluding carboxylic acids is 1. The lowest BCUT2D eigenvalue weighted by Crippen LogP contribution is -2.18. The molecule has 1 saturated heterocycles. The molecule has 3 N–H and O–H groups in total. The predicted octanol–water partition coefficient (Wildman–Crippen LogP) is 5.48. The maximum absolute atomic E-state index is 11.8. The highest BCUT2D eigenvalue weighted by atomic mass is 16.6. The molecule has 0 spiro atoms. The van der Waals surface area contributed by atoms with Crippen molar-refractivity contribution < 1.29 is 34.3 Å². The lowest BCUT2D eigenvalue weighted by Gasteiger charge is -2.14. The number of esters is 1. The molecule has 1 fully saturated rings. The summed E-state index contributed by atoms with van der Waals surface area (Å²) in [7, 11) is 0. The summed E-state index contributed by atoms with van der Waals surface area (Å²) in [6, 6.07) is 14.0. The normalized spacial score (nSPS) is 19.7. The van der Waals surface area contributed by atoms with Crippen LogP contribution < -0.4 is 0 Å². The second-order valence-electron chi connectivity index (χ2n) is 11.1. The van der Waals surface area contributed by atoms with Gasteiger partial charge in [0.15, 0.2) is 0 Å². The molecule has 39 heavy (non-hydrogen) atoms. The number of carbonyl (C=O) groups is 1. The maximum Gasteiger partial charge on any atom is 0.309 e. The molecule has 0 saturated carbocycles. The van der Waals surface area contributed by atoms with E-state index in [4.69, 9.17) is 14.2 Å². The summed E-state index contributed by atoms with van der Waals surface area (Å²) in [6.07, 6.45) is 9.18. The number of ether oxygens (including phenoxy) is 3. The van der Waals surface area contributed by atoms with Crippen LogP contribution in [0.15, 0.2) is 42.5 Å². The van der Waals surface area contributed by atoms with E-state index in [1.165, 1.54) is 12.8 Å². The van der Waals surface area contributed by atoms with E-state index in [0.29, 0.717) is 26.2 Å². The minimum atomic E-state index is -0.679. The van der Waals surface area contributed by atoms with Crippen LogP contribution in [-0.2, 0) is 19.0 Å². The molecule has 7 nitrogen and oxygen atoms in total. The molecule has 0 aromatic heterocycles. The van der Waals surface area contributed by atoms with Gasteiger partial charge in [-0.2, -0.15) is 0 Å². The van der Waals surface area contributed by atoms with E-state index >= 15 is 0 Å². The number of rotatable bonds is 20. The molecule has 7 heteroatoms. The van der Waals surface area contributed by atoms with E-state index in [1.807, 2.05) is 42.5 Å². The summed E-state index contributed by atoms with van der Waals surface area (Å²) >= 11 is 0. The monoisotopic (exact) mass is 544 g/mol. The molecule has 2 aromatic carbocycles. The molecule has 218 valence electrons. The summed E-state index contributed by atoms with van der Waals surface area (Å²) < 4.78 is 16.5. The van der Waals surface area contributed by atoms with Gasteiger partial charge in [0, 0.05) is 0 Å². The summed E-state index contributed by atoms with van der Waals surface area (Å²) in [5.74, 6) is -0.279. The Labute approximate surface area is 233 Å². The molecule has 2 aromatic rings. The van der Waals surface area contributed by atoms with Gasteiger partial charge in [0.25, 0.3) is 0 Å². The Balaban J connectivity index is 1.09.